The summed E-state index contributed by atoms with van der Waals surface area (Å²) in [6, 6.07) is 0.306. The van der Waals surface area contributed by atoms with Crippen LogP contribution >= 0.6 is 0 Å². The first-order valence-electron chi connectivity index (χ1n) is 8.32. The molecule has 0 saturated carbocycles. The van der Waals surface area contributed by atoms with Gasteiger partial charge in [-0.2, -0.15) is 0 Å². The van der Waals surface area contributed by atoms with Crippen molar-refractivity contribution in [1.82, 2.24) is 15.5 Å². The number of ether oxygens (including phenoxy) is 1. The smallest absolute Gasteiger partial charge is 0.314 e. The minimum Gasteiger partial charge on any atom is -0.379 e. The summed E-state index contributed by atoms with van der Waals surface area (Å²) in [6.07, 6.45) is 2.54. The molecule has 1 heterocycles. The molecule has 0 aromatic carbocycles. The first-order chi connectivity index (χ1) is 9.99. The maximum atomic E-state index is 11.7. The minimum absolute atomic E-state index is 0.0969. The van der Waals surface area contributed by atoms with Crippen molar-refractivity contribution in [3.63, 3.8) is 0 Å². The number of piperidine rings is 1. The van der Waals surface area contributed by atoms with Crippen LogP contribution in [0.2, 0.25) is 0 Å². The van der Waals surface area contributed by atoms with E-state index in [2.05, 4.69) is 43.2 Å². The van der Waals surface area contributed by atoms with Gasteiger partial charge < -0.3 is 15.4 Å². The van der Waals surface area contributed by atoms with Crippen LogP contribution in [0.1, 0.15) is 40.5 Å². The van der Waals surface area contributed by atoms with Crippen LogP contribution < -0.4 is 10.6 Å². The predicted molar refractivity (Wildman–Crippen MR) is 86.5 cm³/mol. The van der Waals surface area contributed by atoms with Gasteiger partial charge >= 0.3 is 6.03 Å². The van der Waals surface area contributed by atoms with Gasteiger partial charge in [-0.3, -0.25) is 4.90 Å². The second-order valence-corrected chi connectivity index (χ2v) is 6.67. The van der Waals surface area contributed by atoms with E-state index in [4.69, 9.17) is 4.74 Å². The summed E-state index contributed by atoms with van der Waals surface area (Å²) in [5, 5.41) is 5.77. The fourth-order valence-corrected chi connectivity index (χ4v) is 2.46. The van der Waals surface area contributed by atoms with Crippen molar-refractivity contribution in [2.45, 2.75) is 46.6 Å². The zero-order valence-electron chi connectivity index (χ0n) is 14.2. The average Bonchev–Trinajstić information content (AvgIpc) is 2.44. The molecule has 21 heavy (non-hydrogen) atoms. The van der Waals surface area contributed by atoms with Gasteiger partial charge in [-0.15, -0.1) is 0 Å². The number of hydrogen-bond donors (Lipinski definition) is 2. The maximum Gasteiger partial charge on any atom is 0.314 e. The number of likely N-dealkylation sites (tertiary alicyclic amines) is 1. The van der Waals surface area contributed by atoms with Crippen molar-refractivity contribution in [2.75, 3.05) is 39.4 Å². The van der Waals surface area contributed by atoms with E-state index < -0.39 is 0 Å². The van der Waals surface area contributed by atoms with Gasteiger partial charge in [0, 0.05) is 25.7 Å². The van der Waals surface area contributed by atoms with E-state index in [-0.39, 0.29) is 6.03 Å². The quantitative estimate of drug-likeness (QED) is 0.675. The lowest BCUT2D eigenvalue weighted by Gasteiger charge is -2.34. The number of hydrogen-bond acceptors (Lipinski definition) is 3. The summed E-state index contributed by atoms with van der Waals surface area (Å²) >= 11 is 0. The lowest BCUT2D eigenvalue weighted by atomic mass is 9.98. The van der Waals surface area contributed by atoms with Crippen LogP contribution in [0, 0.1) is 11.8 Å². The van der Waals surface area contributed by atoms with Crippen LogP contribution in [-0.4, -0.2) is 56.4 Å². The van der Waals surface area contributed by atoms with Crippen molar-refractivity contribution >= 4 is 6.03 Å². The Morgan fingerprint density at radius 2 is 1.90 bits per heavy atom. The van der Waals surface area contributed by atoms with Crippen molar-refractivity contribution in [3.05, 3.63) is 0 Å². The summed E-state index contributed by atoms with van der Waals surface area (Å²) < 4.78 is 5.43. The van der Waals surface area contributed by atoms with Gasteiger partial charge in [0.1, 0.15) is 0 Å². The molecule has 5 nitrogen and oxygen atoms in total. The van der Waals surface area contributed by atoms with Gasteiger partial charge in [0.15, 0.2) is 0 Å². The molecular weight excluding hydrogens is 266 g/mol. The SMILES string of the molecule is CC(C)COCCNC(=O)NCC(C)N1CCC(C)CC1. The summed E-state index contributed by atoms with van der Waals surface area (Å²) in [4.78, 5) is 14.1. The predicted octanol–water partition coefficient (Wildman–Crippen LogP) is 2.08. The monoisotopic (exact) mass is 299 g/mol. The molecule has 2 amide bonds. The highest BCUT2D eigenvalue weighted by Gasteiger charge is 2.20. The Morgan fingerprint density at radius 3 is 2.52 bits per heavy atom. The average molecular weight is 299 g/mol. The number of carbonyl (C=O) groups is 1. The molecule has 0 radical (unpaired) electrons. The van der Waals surface area contributed by atoms with E-state index in [1.807, 2.05) is 0 Å². The molecule has 1 aliphatic heterocycles. The van der Waals surface area contributed by atoms with Crippen LogP contribution in [0.15, 0.2) is 0 Å². The highest BCUT2D eigenvalue weighted by atomic mass is 16.5. The van der Waals surface area contributed by atoms with Crippen molar-refractivity contribution in [3.8, 4) is 0 Å². The number of nitrogens with one attached hydrogen (secondary N) is 2. The van der Waals surface area contributed by atoms with Crippen molar-refractivity contribution < 1.29 is 9.53 Å². The molecule has 1 atom stereocenters. The number of urea groups is 1. The van der Waals surface area contributed by atoms with Crippen molar-refractivity contribution in [2.24, 2.45) is 11.8 Å². The topological polar surface area (TPSA) is 53.6 Å². The Hall–Kier alpha value is -0.810. The molecule has 1 aliphatic rings. The third kappa shape index (κ3) is 8.27. The fourth-order valence-electron chi connectivity index (χ4n) is 2.46. The molecule has 0 spiro atoms. The second kappa shape index (κ2) is 10.0. The molecule has 0 bridgehead atoms. The Bertz CT molecular complexity index is 289. The van der Waals surface area contributed by atoms with Gasteiger partial charge in [-0.05, 0) is 44.7 Å². The molecule has 1 rings (SSSR count). The lowest BCUT2D eigenvalue weighted by molar-refractivity contribution is 0.112. The van der Waals surface area contributed by atoms with Crippen molar-refractivity contribution in [1.29, 1.82) is 0 Å². The zero-order chi connectivity index (χ0) is 15.7. The Morgan fingerprint density at radius 1 is 1.24 bits per heavy atom. The highest BCUT2D eigenvalue weighted by molar-refractivity contribution is 5.73. The highest BCUT2D eigenvalue weighted by Crippen LogP contribution is 2.17. The van der Waals surface area contributed by atoms with Crippen LogP contribution in [0.25, 0.3) is 0 Å². The fraction of sp³-hybridized carbons (Fsp3) is 0.938. The van der Waals surface area contributed by atoms with Crippen LogP contribution in [0.5, 0.6) is 0 Å². The molecular formula is C16H33N3O2. The molecule has 124 valence electrons. The molecule has 2 N–H and O–H groups in total. The Labute approximate surface area is 129 Å². The van der Waals surface area contributed by atoms with Gasteiger partial charge in [0.25, 0.3) is 0 Å². The number of amides is 2. The minimum atomic E-state index is -0.0969. The molecule has 5 heteroatoms. The number of rotatable bonds is 8. The van der Waals surface area contributed by atoms with Crippen LogP contribution in [0.3, 0.4) is 0 Å². The summed E-state index contributed by atoms with van der Waals surface area (Å²) in [6.45, 7) is 13.6. The summed E-state index contributed by atoms with van der Waals surface area (Å²) in [5.74, 6) is 1.38. The molecule has 1 saturated heterocycles. The molecule has 0 aromatic heterocycles. The third-order valence-electron chi connectivity index (χ3n) is 3.98. The standard InChI is InChI=1S/C16H33N3O2/c1-13(2)12-21-10-7-17-16(20)18-11-15(4)19-8-5-14(3)6-9-19/h13-15H,5-12H2,1-4H3,(H2,17,18,20). The molecule has 0 aromatic rings. The second-order valence-electron chi connectivity index (χ2n) is 6.67. The summed E-state index contributed by atoms with van der Waals surface area (Å²) in [7, 11) is 0. The van der Waals surface area contributed by atoms with Gasteiger partial charge in [0.05, 0.1) is 6.61 Å². The normalized spacial score (nSPS) is 18.7. The van der Waals surface area contributed by atoms with E-state index in [0.717, 1.165) is 25.6 Å². The lowest BCUT2D eigenvalue weighted by Crippen LogP contribution is -2.47. The van der Waals surface area contributed by atoms with E-state index in [0.29, 0.717) is 31.7 Å². The van der Waals surface area contributed by atoms with E-state index in [9.17, 15) is 4.79 Å². The molecule has 1 fully saturated rings. The zero-order valence-corrected chi connectivity index (χ0v) is 14.2. The first-order valence-corrected chi connectivity index (χ1v) is 8.32. The van der Waals surface area contributed by atoms with E-state index in [1.54, 1.807) is 0 Å². The first kappa shape index (κ1) is 18.2. The third-order valence-corrected chi connectivity index (χ3v) is 3.98. The van der Waals surface area contributed by atoms with E-state index >= 15 is 0 Å². The Kier molecular flexibility index (Phi) is 8.69. The summed E-state index contributed by atoms with van der Waals surface area (Å²) in [5.41, 5.74) is 0. The van der Waals surface area contributed by atoms with Gasteiger partial charge in [-0.1, -0.05) is 20.8 Å². The number of carbonyl (C=O) groups excluding carboxylic acids is 1. The van der Waals surface area contributed by atoms with Crippen LogP contribution in [0.4, 0.5) is 4.79 Å². The van der Waals surface area contributed by atoms with Gasteiger partial charge in [0.2, 0.25) is 0 Å². The van der Waals surface area contributed by atoms with Gasteiger partial charge in [-0.25, -0.2) is 4.79 Å². The maximum absolute atomic E-state index is 11.7. The molecule has 1 unspecified atom stereocenters. The van der Waals surface area contributed by atoms with Crippen LogP contribution in [-0.2, 0) is 4.74 Å². The molecule has 0 aliphatic carbocycles. The Balaban J connectivity index is 2.04. The largest absolute Gasteiger partial charge is 0.379 e. The van der Waals surface area contributed by atoms with E-state index in [1.165, 1.54) is 12.8 Å². The number of nitrogens with zero attached hydrogens (tertiary/aromatic N) is 1.